The van der Waals surface area contributed by atoms with Crippen molar-refractivity contribution in [1.29, 1.82) is 0 Å². The molecule has 1 heterocycles. The zero-order chi connectivity index (χ0) is 16.0. The van der Waals surface area contributed by atoms with Crippen molar-refractivity contribution in [3.63, 3.8) is 0 Å². The van der Waals surface area contributed by atoms with E-state index in [1.165, 1.54) is 0 Å². The number of hydrogen-bond donors (Lipinski definition) is 0. The number of esters is 1. The third-order valence-corrected chi connectivity index (χ3v) is 4.73. The van der Waals surface area contributed by atoms with Gasteiger partial charge in [0.05, 0.1) is 33.1 Å². The normalized spacial score (nSPS) is 19.6. The smallest absolute Gasteiger partial charge is 0.313 e. The molecule has 122 valence electrons. The van der Waals surface area contributed by atoms with Crippen LogP contribution in [-0.2, 0) is 9.53 Å². The maximum absolute atomic E-state index is 12.7. The summed E-state index contributed by atoms with van der Waals surface area (Å²) in [5, 5.41) is 0. The highest BCUT2D eigenvalue weighted by Crippen LogP contribution is 2.26. The van der Waals surface area contributed by atoms with E-state index in [2.05, 4.69) is 21.0 Å². The monoisotopic (exact) mass is 304 g/mol. The number of nitrogens with zero attached hydrogens (tertiary/aromatic N) is 1. The molecule has 0 radical (unpaired) electrons. The van der Waals surface area contributed by atoms with Crippen LogP contribution in [0.3, 0.4) is 0 Å². The second-order valence-corrected chi connectivity index (χ2v) is 7.12. The van der Waals surface area contributed by atoms with E-state index in [4.69, 9.17) is 4.74 Å². The Morgan fingerprint density at radius 2 is 1.86 bits per heavy atom. The Labute approximate surface area is 134 Å². The van der Waals surface area contributed by atoms with Gasteiger partial charge in [-0.3, -0.25) is 4.79 Å². The van der Waals surface area contributed by atoms with Crippen molar-refractivity contribution in [3.8, 4) is 0 Å². The number of carbonyl (C=O) groups excluding carboxylic acids is 1. The van der Waals surface area contributed by atoms with Gasteiger partial charge in [-0.25, -0.2) is 0 Å². The first-order valence-electron chi connectivity index (χ1n) is 8.59. The van der Waals surface area contributed by atoms with E-state index in [0.29, 0.717) is 0 Å². The number of likely N-dealkylation sites (tertiary alicyclic amines) is 1. The summed E-state index contributed by atoms with van der Waals surface area (Å²) in [6.07, 6.45) is 5.11. The van der Waals surface area contributed by atoms with Gasteiger partial charge in [0.25, 0.3) is 0 Å². The number of benzene rings is 1. The maximum Gasteiger partial charge on any atom is 0.313 e. The Kier molecular flexibility index (Phi) is 6.01. The summed E-state index contributed by atoms with van der Waals surface area (Å²) in [7, 11) is 4.48. The van der Waals surface area contributed by atoms with Crippen molar-refractivity contribution in [3.05, 3.63) is 35.9 Å². The van der Waals surface area contributed by atoms with Gasteiger partial charge < -0.3 is 9.22 Å². The minimum absolute atomic E-state index is 0.0307. The first-order chi connectivity index (χ1) is 10.5. The van der Waals surface area contributed by atoms with Gasteiger partial charge in [-0.2, -0.15) is 0 Å². The summed E-state index contributed by atoms with van der Waals surface area (Å²) in [6, 6.07) is 10.1. The highest BCUT2D eigenvalue weighted by atomic mass is 16.5. The average Bonchev–Trinajstić information content (AvgIpc) is 2.51. The van der Waals surface area contributed by atoms with Gasteiger partial charge in [0.1, 0.15) is 6.10 Å². The molecule has 1 aliphatic heterocycles. The van der Waals surface area contributed by atoms with Gasteiger partial charge in [-0.05, 0) is 12.0 Å². The molecule has 1 aromatic rings. The molecule has 1 aromatic carbocycles. The van der Waals surface area contributed by atoms with Gasteiger partial charge in [-0.1, -0.05) is 50.1 Å². The molecule has 22 heavy (non-hydrogen) atoms. The lowest BCUT2D eigenvalue weighted by Gasteiger charge is -2.37. The van der Waals surface area contributed by atoms with Gasteiger partial charge in [0.15, 0.2) is 0 Å². The number of piperidine rings is 1. The molecule has 0 amide bonds. The van der Waals surface area contributed by atoms with E-state index in [1.54, 1.807) is 0 Å². The first kappa shape index (κ1) is 17.0. The van der Waals surface area contributed by atoms with Crippen molar-refractivity contribution < 1.29 is 14.0 Å². The number of quaternary nitrogens is 1. The number of rotatable bonds is 6. The lowest BCUT2D eigenvalue weighted by atomic mass is 9.93. The van der Waals surface area contributed by atoms with Gasteiger partial charge in [-0.15, -0.1) is 0 Å². The second kappa shape index (κ2) is 7.77. The molecule has 1 atom stereocenters. The van der Waals surface area contributed by atoms with Crippen LogP contribution in [-0.4, -0.2) is 43.7 Å². The van der Waals surface area contributed by atoms with E-state index >= 15 is 0 Å². The van der Waals surface area contributed by atoms with Crippen LogP contribution in [0.5, 0.6) is 0 Å². The highest BCUT2D eigenvalue weighted by Gasteiger charge is 2.30. The fourth-order valence-electron chi connectivity index (χ4n) is 3.12. The number of ether oxygens (including phenoxy) is 1. The van der Waals surface area contributed by atoms with Crippen molar-refractivity contribution >= 4 is 5.97 Å². The van der Waals surface area contributed by atoms with E-state index < -0.39 is 0 Å². The Bertz CT molecular complexity index is 460. The van der Waals surface area contributed by atoms with Crippen LogP contribution in [0, 0.1) is 0 Å². The minimum atomic E-state index is -0.106. The van der Waals surface area contributed by atoms with Crippen LogP contribution in [0.4, 0.5) is 0 Å². The lowest BCUT2D eigenvalue weighted by Crippen LogP contribution is -2.48. The second-order valence-electron chi connectivity index (χ2n) is 7.12. The molecule has 2 rings (SSSR count). The lowest BCUT2D eigenvalue weighted by molar-refractivity contribution is -0.896. The van der Waals surface area contributed by atoms with Gasteiger partial charge in [0, 0.05) is 12.8 Å². The van der Waals surface area contributed by atoms with Crippen LogP contribution in [0.2, 0.25) is 0 Å². The Hall–Kier alpha value is -1.35. The maximum atomic E-state index is 12.7. The fraction of sp³-hybridized carbons (Fsp3) is 0.632. The molecular formula is C19H30NO2+. The third kappa shape index (κ3) is 4.84. The predicted octanol–water partition coefficient (Wildman–Crippen LogP) is 3.74. The quantitative estimate of drug-likeness (QED) is 0.591. The third-order valence-electron chi connectivity index (χ3n) is 4.73. The molecule has 1 saturated heterocycles. The standard InChI is InChI=1S/C19H30NO2/c1-4-5-11-18(16-9-7-6-8-10-16)19(21)22-17-12-14-20(2,3)15-13-17/h6-10,17-18H,4-5,11-15H2,1-3H3/q+1. The van der Waals surface area contributed by atoms with Crippen LogP contribution in [0.25, 0.3) is 0 Å². The molecule has 0 bridgehead atoms. The highest BCUT2D eigenvalue weighted by molar-refractivity contribution is 5.78. The first-order valence-corrected chi connectivity index (χ1v) is 8.59. The molecule has 3 nitrogen and oxygen atoms in total. The topological polar surface area (TPSA) is 26.3 Å². The van der Waals surface area contributed by atoms with Crippen LogP contribution in [0.1, 0.15) is 50.5 Å². The molecule has 0 N–H and O–H groups in total. The summed E-state index contributed by atoms with van der Waals surface area (Å²) in [6.45, 7) is 4.33. The molecule has 3 heteroatoms. The van der Waals surface area contributed by atoms with Crippen molar-refractivity contribution in [2.75, 3.05) is 27.2 Å². The van der Waals surface area contributed by atoms with Gasteiger partial charge in [0.2, 0.25) is 0 Å². The van der Waals surface area contributed by atoms with Crippen molar-refractivity contribution in [1.82, 2.24) is 0 Å². The largest absolute Gasteiger partial charge is 0.461 e. The summed E-state index contributed by atoms with van der Waals surface area (Å²) in [5.74, 6) is -0.137. The number of unbranched alkanes of at least 4 members (excludes halogenated alkanes) is 1. The Balaban J connectivity index is 1.97. The molecule has 1 aliphatic rings. The van der Waals surface area contributed by atoms with Crippen molar-refractivity contribution in [2.24, 2.45) is 0 Å². The predicted molar refractivity (Wildman–Crippen MR) is 89.7 cm³/mol. The molecule has 0 spiro atoms. The number of carbonyl (C=O) groups is 1. The summed E-state index contributed by atoms with van der Waals surface area (Å²) >= 11 is 0. The van der Waals surface area contributed by atoms with Gasteiger partial charge >= 0.3 is 5.97 Å². The van der Waals surface area contributed by atoms with Crippen molar-refractivity contribution in [2.45, 2.75) is 51.0 Å². The minimum Gasteiger partial charge on any atom is -0.461 e. The molecule has 1 unspecified atom stereocenters. The Morgan fingerprint density at radius 1 is 1.23 bits per heavy atom. The average molecular weight is 304 g/mol. The SMILES string of the molecule is CCCCC(C(=O)OC1CC[N+](C)(C)CC1)c1ccccc1. The fourth-order valence-corrected chi connectivity index (χ4v) is 3.12. The van der Waals surface area contributed by atoms with Crippen LogP contribution < -0.4 is 0 Å². The van der Waals surface area contributed by atoms with Crippen LogP contribution >= 0.6 is 0 Å². The van der Waals surface area contributed by atoms with E-state index in [9.17, 15) is 4.79 Å². The zero-order valence-electron chi connectivity index (χ0n) is 14.3. The summed E-state index contributed by atoms with van der Waals surface area (Å²) < 4.78 is 6.88. The van der Waals surface area contributed by atoms with E-state index in [0.717, 1.165) is 55.2 Å². The summed E-state index contributed by atoms with van der Waals surface area (Å²) in [5.41, 5.74) is 1.09. The molecule has 1 fully saturated rings. The van der Waals surface area contributed by atoms with Crippen LogP contribution in [0.15, 0.2) is 30.3 Å². The summed E-state index contributed by atoms with van der Waals surface area (Å²) in [4.78, 5) is 12.7. The molecule has 0 aromatic heterocycles. The van der Waals surface area contributed by atoms with E-state index in [1.807, 2.05) is 30.3 Å². The molecule has 0 saturated carbocycles. The molecule has 0 aliphatic carbocycles. The molecular weight excluding hydrogens is 274 g/mol. The number of hydrogen-bond acceptors (Lipinski definition) is 2. The Morgan fingerprint density at radius 3 is 2.45 bits per heavy atom. The van der Waals surface area contributed by atoms with E-state index in [-0.39, 0.29) is 18.0 Å². The zero-order valence-corrected chi connectivity index (χ0v) is 14.3.